The molecule has 19 heavy (non-hydrogen) atoms. The minimum Gasteiger partial charge on any atom is -0.336 e. The van der Waals surface area contributed by atoms with E-state index < -0.39 is 0 Å². The van der Waals surface area contributed by atoms with Crippen molar-refractivity contribution >= 4 is 28.5 Å². The molecule has 2 atom stereocenters. The van der Waals surface area contributed by atoms with Crippen molar-refractivity contribution in [1.82, 2.24) is 4.90 Å². The minimum absolute atomic E-state index is 0.0185. The van der Waals surface area contributed by atoms with Gasteiger partial charge in [-0.2, -0.15) is 0 Å². The van der Waals surface area contributed by atoms with E-state index in [0.717, 1.165) is 12.8 Å². The van der Waals surface area contributed by atoms with E-state index in [2.05, 4.69) is 6.92 Å². The molecular weight excluding hydrogens is 358 g/mol. The minimum atomic E-state index is -0.313. The number of likely N-dealkylation sites (tertiary alicyclic amines) is 1. The van der Waals surface area contributed by atoms with Gasteiger partial charge in [-0.1, -0.05) is 0 Å². The van der Waals surface area contributed by atoms with E-state index in [1.54, 1.807) is 6.07 Å². The van der Waals surface area contributed by atoms with Crippen LogP contribution in [0.15, 0.2) is 18.2 Å². The van der Waals surface area contributed by atoms with Gasteiger partial charge in [-0.25, -0.2) is 4.39 Å². The second-order valence-electron chi connectivity index (χ2n) is 5.11. The van der Waals surface area contributed by atoms with Gasteiger partial charge in [0.15, 0.2) is 0 Å². The van der Waals surface area contributed by atoms with Crippen LogP contribution >= 0.6 is 22.6 Å². The third-order valence-corrected chi connectivity index (χ3v) is 4.63. The van der Waals surface area contributed by atoms with Crippen LogP contribution in [0.3, 0.4) is 0 Å². The Morgan fingerprint density at radius 3 is 2.89 bits per heavy atom. The zero-order valence-electron chi connectivity index (χ0n) is 10.9. The fraction of sp³-hybridized carbons (Fsp3) is 0.500. The first kappa shape index (κ1) is 14.7. The van der Waals surface area contributed by atoms with Crippen LogP contribution < -0.4 is 5.73 Å². The molecule has 5 heteroatoms. The van der Waals surface area contributed by atoms with Gasteiger partial charge in [0.2, 0.25) is 0 Å². The van der Waals surface area contributed by atoms with E-state index in [-0.39, 0.29) is 17.8 Å². The largest absolute Gasteiger partial charge is 0.336 e. The molecule has 1 aliphatic heterocycles. The molecule has 1 fully saturated rings. The summed E-state index contributed by atoms with van der Waals surface area (Å²) in [5.41, 5.74) is 6.29. The first-order valence-electron chi connectivity index (χ1n) is 6.49. The Hall–Kier alpha value is -0.690. The van der Waals surface area contributed by atoms with Crippen LogP contribution in [0.1, 0.15) is 30.1 Å². The van der Waals surface area contributed by atoms with E-state index in [9.17, 15) is 9.18 Å². The molecule has 0 bridgehead atoms. The number of halogens is 2. The lowest BCUT2D eigenvalue weighted by Crippen LogP contribution is -2.47. The molecule has 2 rings (SSSR count). The Balaban J connectivity index is 2.22. The van der Waals surface area contributed by atoms with Crippen molar-refractivity contribution in [1.29, 1.82) is 0 Å². The predicted molar refractivity (Wildman–Crippen MR) is 81.4 cm³/mol. The van der Waals surface area contributed by atoms with Crippen molar-refractivity contribution in [2.24, 2.45) is 11.7 Å². The highest BCUT2D eigenvalue weighted by atomic mass is 127. The van der Waals surface area contributed by atoms with Crippen molar-refractivity contribution in [3.05, 3.63) is 33.1 Å². The van der Waals surface area contributed by atoms with Gasteiger partial charge in [0.05, 0.1) is 5.56 Å². The molecule has 0 radical (unpaired) electrons. The lowest BCUT2D eigenvalue weighted by molar-refractivity contribution is 0.0566. The number of nitrogens with two attached hydrogens (primary N) is 1. The van der Waals surface area contributed by atoms with E-state index >= 15 is 0 Å². The molecule has 3 nitrogen and oxygen atoms in total. The van der Waals surface area contributed by atoms with Crippen LogP contribution in [0.4, 0.5) is 4.39 Å². The Bertz CT molecular complexity index is 481. The number of carbonyl (C=O) groups excluding carboxylic acids is 1. The molecule has 2 unspecified atom stereocenters. The van der Waals surface area contributed by atoms with Crippen molar-refractivity contribution in [3.63, 3.8) is 0 Å². The highest BCUT2D eigenvalue weighted by Gasteiger charge is 2.29. The lowest BCUT2D eigenvalue weighted by Gasteiger charge is -2.37. The summed E-state index contributed by atoms with van der Waals surface area (Å²) in [6.45, 7) is 3.36. The second kappa shape index (κ2) is 6.17. The Morgan fingerprint density at radius 2 is 2.26 bits per heavy atom. The summed E-state index contributed by atoms with van der Waals surface area (Å²) in [6, 6.07) is 4.52. The summed E-state index contributed by atoms with van der Waals surface area (Å²) in [5, 5.41) is 0. The van der Waals surface area contributed by atoms with Gasteiger partial charge in [-0.05, 0) is 73.0 Å². The third-order valence-electron chi connectivity index (χ3n) is 3.74. The molecule has 0 saturated carbocycles. The van der Waals surface area contributed by atoms with Crippen molar-refractivity contribution < 1.29 is 9.18 Å². The Kier molecular flexibility index (Phi) is 4.78. The standard InChI is InChI=1S/C14H18FIN2O/c1-9-2-3-10(7-17)8-18(9)14(19)12-5-4-11(15)6-13(12)16/h4-6,9-10H,2-3,7-8,17H2,1H3. The van der Waals surface area contributed by atoms with E-state index in [1.807, 2.05) is 27.5 Å². The Morgan fingerprint density at radius 1 is 1.53 bits per heavy atom. The number of benzene rings is 1. The molecule has 0 aromatic heterocycles. The highest BCUT2D eigenvalue weighted by molar-refractivity contribution is 14.1. The average molecular weight is 376 g/mol. The molecule has 1 amide bonds. The molecule has 0 spiro atoms. The molecule has 104 valence electrons. The Labute approximate surface area is 126 Å². The number of piperidine rings is 1. The van der Waals surface area contributed by atoms with Crippen LogP contribution in [0.5, 0.6) is 0 Å². The number of rotatable bonds is 2. The van der Waals surface area contributed by atoms with Gasteiger partial charge in [-0.15, -0.1) is 0 Å². The van der Waals surface area contributed by atoms with Crippen LogP contribution in [-0.4, -0.2) is 29.9 Å². The fourth-order valence-corrected chi connectivity index (χ4v) is 3.18. The normalized spacial score (nSPS) is 23.5. The van der Waals surface area contributed by atoms with Gasteiger partial charge in [0.1, 0.15) is 5.82 Å². The van der Waals surface area contributed by atoms with E-state index in [1.165, 1.54) is 12.1 Å². The molecule has 2 N–H and O–H groups in total. The zero-order chi connectivity index (χ0) is 14.0. The number of hydrogen-bond donors (Lipinski definition) is 1. The predicted octanol–water partition coefficient (Wildman–Crippen LogP) is 2.63. The monoisotopic (exact) mass is 376 g/mol. The molecule has 1 aliphatic rings. The first-order chi connectivity index (χ1) is 9.02. The topological polar surface area (TPSA) is 46.3 Å². The second-order valence-corrected chi connectivity index (χ2v) is 6.27. The number of nitrogens with zero attached hydrogens (tertiary/aromatic N) is 1. The number of carbonyl (C=O) groups is 1. The summed E-state index contributed by atoms with van der Waals surface area (Å²) in [4.78, 5) is 14.4. The summed E-state index contributed by atoms with van der Waals surface area (Å²) in [6.07, 6.45) is 2.05. The lowest BCUT2D eigenvalue weighted by atomic mass is 9.93. The van der Waals surface area contributed by atoms with Crippen molar-refractivity contribution in [3.8, 4) is 0 Å². The summed E-state index contributed by atoms with van der Waals surface area (Å²) < 4.78 is 13.8. The third kappa shape index (κ3) is 3.25. The molecule has 1 saturated heterocycles. The van der Waals surface area contributed by atoms with Gasteiger partial charge >= 0.3 is 0 Å². The van der Waals surface area contributed by atoms with Gasteiger partial charge in [-0.3, -0.25) is 4.79 Å². The van der Waals surface area contributed by atoms with Crippen LogP contribution in [0.25, 0.3) is 0 Å². The summed E-state index contributed by atoms with van der Waals surface area (Å²) >= 11 is 2.01. The summed E-state index contributed by atoms with van der Waals surface area (Å²) in [7, 11) is 0. The van der Waals surface area contributed by atoms with Gasteiger partial charge in [0.25, 0.3) is 5.91 Å². The molecule has 1 aromatic rings. The average Bonchev–Trinajstić information content (AvgIpc) is 2.38. The highest BCUT2D eigenvalue weighted by Crippen LogP contribution is 2.24. The van der Waals surface area contributed by atoms with E-state index in [4.69, 9.17) is 5.73 Å². The molecule has 1 aromatic carbocycles. The smallest absolute Gasteiger partial charge is 0.255 e. The quantitative estimate of drug-likeness (QED) is 0.807. The first-order valence-corrected chi connectivity index (χ1v) is 7.57. The maximum Gasteiger partial charge on any atom is 0.255 e. The maximum atomic E-state index is 13.1. The van der Waals surface area contributed by atoms with Crippen molar-refractivity contribution in [2.75, 3.05) is 13.1 Å². The van der Waals surface area contributed by atoms with Gasteiger partial charge in [0, 0.05) is 16.2 Å². The zero-order valence-corrected chi connectivity index (χ0v) is 13.1. The maximum absolute atomic E-state index is 13.1. The van der Waals surface area contributed by atoms with Crippen LogP contribution in [0, 0.1) is 15.3 Å². The van der Waals surface area contributed by atoms with E-state index in [0.29, 0.717) is 28.1 Å². The molecular formula is C14H18FIN2O. The summed E-state index contributed by atoms with van der Waals surface area (Å²) in [5.74, 6) is 0.0424. The molecule has 0 aliphatic carbocycles. The SMILES string of the molecule is CC1CCC(CN)CN1C(=O)c1ccc(F)cc1I. The fourth-order valence-electron chi connectivity index (χ4n) is 2.48. The number of amides is 1. The van der Waals surface area contributed by atoms with Crippen LogP contribution in [-0.2, 0) is 0 Å². The van der Waals surface area contributed by atoms with Gasteiger partial charge < -0.3 is 10.6 Å². The molecule has 1 heterocycles. The number of hydrogen-bond acceptors (Lipinski definition) is 2. The van der Waals surface area contributed by atoms with Crippen molar-refractivity contribution in [2.45, 2.75) is 25.8 Å². The van der Waals surface area contributed by atoms with Crippen LogP contribution in [0.2, 0.25) is 0 Å².